The van der Waals surface area contributed by atoms with E-state index in [2.05, 4.69) is 5.32 Å². The number of amides is 1. The van der Waals surface area contributed by atoms with Crippen molar-refractivity contribution in [2.24, 2.45) is 5.92 Å². The second-order valence-electron chi connectivity index (χ2n) is 3.69. The Morgan fingerprint density at radius 3 is 2.79 bits per heavy atom. The van der Waals surface area contributed by atoms with Crippen LogP contribution in [0.4, 0.5) is 0 Å². The van der Waals surface area contributed by atoms with Crippen LogP contribution in [0.1, 0.15) is 25.7 Å². The summed E-state index contributed by atoms with van der Waals surface area (Å²) < 4.78 is 5.23. The van der Waals surface area contributed by atoms with Gasteiger partial charge in [0.1, 0.15) is 0 Å². The molecule has 0 bridgehead atoms. The van der Waals surface area contributed by atoms with Crippen LogP contribution in [0.15, 0.2) is 0 Å². The molecule has 1 saturated heterocycles. The third kappa shape index (κ3) is 4.58. The fraction of sp³-hybridized carbons (Fsp3) is 0.900. The number of carbonyl (C=O) groups is 1. The van der Waals surface area contributed by atoms with Crippen LogP contribution in [0.3, 0.4) is 0 Å². The zero-order valence-corrected chi connectivity index (χ0v) is 8.50. The van der Waals surface area contributed by atoms with Crippen molar-refractivity contribution in [3.05, 3.63) is 0 Å². The number of hydrogen-bond donors (Lipinski definition) is 2. The van der Waals surface area contributed by atoms with E-state index in [-0.39, 0.29) is 12.5 Å². The van der Waals surface area contributed by atoms with Gasteiger partial charge < -0.3 is 15.2 Å². The molecule has 0 unspecified atom stereocenters. The standard InChI is InChI=1S/C10H19NO3/c12-5-1-2-10(13)11-8-9-3-6-14-7-4-9/h9,12H,1-8H2,(H,11,13). The molecule has 1 heterocycles. The minimum absolute atomic E-state index is 0.0468. The Hall–Kier alpha value is -0.610. The first kappa shape index (κ1) is 11.5. The number of hydrogen-bond acceptors (Lipinski definition) is 3. The van der Waals surface area contributed by atoms with Crippen LogP contribution in [-0.2, 0) is 9.53 Å². The highest BCUT2D eigenvalue weighted by molar-refractivity contribution is 5.75. The summed E-state index contributed by atoms with van der Waals surface area (Å²) >= 11 is 0. The van der Waals surface area contributed by atoms with Crippen LogP contribution in [0, 0.1) is 5.92 Å². The van der Waals surface area contributed by atoms with Gasteiger partial charge in [0.15, 0.2) is 0 Å². The van der Waals surface area contributed by atoms with Crippen LogP contribution in [0.2, 0.25) is 0 Å². The maximum atomic E-state index is 11.2. The van der Waals surface area contributed by atoms with Crippen molar-refractivity contribution in [1.29, 1.82) is 0 Å². The van der Waals surface area contributed by atoms with Gasteiger partial charge in [-0.2, -0.15) is 0 Å². The van der Waals surface area contributed by atoms with Gasteiger partial charge in [0.05, 0.1) is 0 Å². The number of nitrogens with one attached hydrogen (secondary N) is 1. The van der Waals surface area contributed by atoms with E-state index in [0.29, 0.717) is 18.8 Å². The van der Waals surface area contributed by atoms with Gasteiger partial charge in [-0.15, -0.1) is 0 Å². The predicted octanol–water partition coefficient (Wildman–Crippen LogP) is 0.302. The van der Waals surface area contributed by atoms with E-state index in [1.54, 1.807) is 0 Å². The minimum Gasteiger partial charge on any atom is -0.396 e. The average Bonchev–Trinajstić information content (AvgIpc) is 2.25. The molecule has 1 aliphatic heterocycles. The number of aliphatic hydroxyl groups is 1. The van der Waals surface area contributed by atoms with Crippen LogP contribution in [-0.4, -0.2) is 37.4 Å². The first-order valence-electron chi connectivity index (χ1n) is 5.28. The van der Waals surface area contributed by atoms with E-state index < -0.39 is 0 Å². The Morgan fingerprint density at radius 2 is 2.14 bits per heavy atom. The van der Waals surface area contributed by atoms with Crippen molar-refractivity contribution in [3.8, 4) is 0 Å². The van der Waals surface area contributed by atoms with Crippen molar-refractivity contribution < 1.29 is 14.6 Å². The summed E-state index contributed by atoms with van der Waals surface area (Å²) in [7, 11) is 0. The highest BCUT2D eigenvalue weighted by Crippen LogP contribution is 2.13. The molecule has 1 amide bonds. The van der Waals surface area contributed by atoms with Crippen molar-refractivity contribution >= 4 is 5.91 Å². The van der Waals surface area contributed by atoms with E-state index in [0.717, 1.165) is 32.6 Å². The smallest absolute Gasteiger partial charge is 0.220 e. The van der Waals surface area contributed by atoms with Crippen molar-refractivity contribution in [1.82, 2.24) is 5.32 Å². The van der Waals surface area contributed by atoms with Gasteiger partial charge in [-0.25, -0.2) is 0 Å². The third-order valence-corrected chi connectivity index (χ3v) is 2.49. The molecule has 1 aliphatic rings. The SMILES string of the molecule is O=C(CCCO)NCC1CCOCC1. The predicted molar refractivity (Wildman–Crippen MR) is 52.9 cm³/mol. The van der Waals surface area contributed by atoms with Crippen LogP contribution < -0.4 is 5.32 Å². The lowest BCUT2D eigenvalue weighted by atomic mass is 10.0. The summed E-state index contributed by atoms with van der Waals surface area (Å²) in [6.07, 6.45) is 3.07. The Labute approximate surface area is 84.6 Å². The summed E-state index contributed by atoms with van der Waals surface area (Å²) in [4.78, 5) is 11.2. The number of rotatable bonds is 5. The molecule has 2 N–H and O–H groups in total. The Balaban J connectivity index is 2.03. The summed E-state index contributed by atoms with van der Waals surface area (Å²) in [5.74, 6) is 0.618. The summed E-state index contributed by atoms with van der Waals surface area (Å²) in [6.45, 7) is 2.48. The Morgan fingerprint density at radius 1 is 1.43 bits per heavy atom. The fourth-order valence-corrected chi connectivity index (χ4v) is 1.54. The molecule has 0 aromatic carbocycles. The highest BCUT2D eigenvalue weighted by Gasteiger charge is 2.14. The van der Waals surface area contributed by atoms with Gasteiger partial charge in [-0.05, 0) is 25.2 Å². The van der Waals surface area contributed by atoms with Crippen molar-refractivity contribution in [3.63, 3.8) is 0 Å². The first-order valence-corrected chi connectivity index (χ1v) is 5.28. The normalized spacial score (nSPS) is 18.1. The Bertz CT molecular complexity index is 167. The fourth-order valence-electron chi connectivity index (χ4n) is 1.54. The van der Waals surface area contributed by atoms with Crippen LogP contribution in [0.25, 0.3) is 0 Å². The molecule has 0 atom stereocenters. The second-order valence-corrected chi connectivity index (χ2v) is 3.69. The number of ether oxygens (including phenoxy) is 1. The topological polar surface area (TPSA) is 58.6 Å². The maximum Gasteiger partial charge on any atom is 0.220 e. The molecule has 82 valence electrons. The maximum absolute atomic E-state index is 11.2. The molecule has 14 heavy (non-hydrogen) atoms. The molecule has 0 aliphatic carbocycles. The van der Waals surface area contributed by atoms with E-state index in [9.17, 15) is 4.79 Å². The molecular formula is C10H19NO3. The summed E-state index contributed by atoms with van der Waals surface area (Å²) in [5.41, 5.74) is 0. The number of aliphatic hydroxyl groups excluding tert-OH is 1. The summed E-state index contributed by atoms with van der Waals surface area (Å²) in [5, 5.41) is 11.4. The van der Waals surface area contributed by atoms with E-state index >= 15 is 0 Å². The largest absolute Gasteiger partial charge is 0.396 e. The van der Waals surface area contributed by atoms with Gasteiger partial charge in [0.2, 0.25) is 5.91 Å². The van der Waals surface area contributed by atoms with Gasteiger partial charge in [-0.1, -0.05) is 0 Å². The quantitative estimate of drug-likeness (QED) is 0.672. The lowest BCUT2D eigenvalue weighted by Gasteiger charge is -2.22. The van der Waals surface area contributed by atoms with E-state index in [4.69, 9.17) is 9.84 Å². The molecular weight excluding hydrogens is 182 g/mol. The molecule has 0 aromatic rings. The van der Waals surface area contributed by atoms with E-state index in [1.165, 1.54) is 0 Å². The monoisotopic (exact) mass is 201 g/mol. The minimum atomic E-state index is 0.0468. The lowest BCUT2D eigenvalue weighted by Crippen LogP contribution is -2.32. The lowest BCUT2D eigenvalue weighted by molar-refractivity contribution is -0.121. The third-order valence-electron chi connectivity index (χ3n) is 2.49. The van der Waals surface area contributed by atoms with Crippen LogP contribution >= 0.6 is 0 Å². The highest BCUT2D eigenvalue weighted by atomic mass is 16.5. The van der Waals surface area contributed by atoms with Gasteiger partial charge in [0, 0.05) is 32.8 Å². The summed E-state index contributed by atoms with van der Waals surface area (Å²) in [6, 6.07) is 0. The molecule has 0 radical (unpaired) electrons. The molecule has 0 saturated carbocycles. The molecule has 4 nitrogen and oxygen atoms in total. The van der Waals surface area contributed by atoms with Gasteiger partial charge >= 0.3 is 0 Å². The second kappa shape index (κ2) is 6.79. The molecule has 4 heteroatoms. The van der Waals surface area contributed by atoms with Crippen molar-refractivity contribution in [2.75, 3.05) is 26.4 Å². The van der Waals surface area contributed by atoms with Crippen LogP contribution in [0.5, 0.6) is 0 Å². The van der Waals surface area contributed by atoms with E-state index in [1.807, 2.05) is 0 Å². The van der Waals surface area contributed by atoms with Gasteiger partial charge in [0.25, 0.3) is 0 Å². The first-order chi connectivity index (χ1) is 6.83. The zero-order chi connectivity index (χ0) is 10.2. The molecule has 0 aromatic heterocycles. The number of carbonyl (C=O) groups excluding carboxylic acids is 1. The Kier molecular flexibility index (Phi) is 5.56. The molecule has 1 fully saturated rings. The molecule has 1 rings (SSSR count). The average molecular weight is 201 g/mol. The molecule has 0 spiro atoms. The van der Waals surface area contributed by atoms with Crippen molar-refractivity contribution in [2.45, 2.75) is 25.7 Å². The zero-order valence-electron chi connectivity index (χ0n) is 8.50. The van der Waals surface area contributed by atoms with Gasteiger partial charge in [-0.3, -0.25) is 4.79 Å².